The average molecular weight is 363 g/mol. The van der Waals surface area contributed by atoms with Crippen molar-refractivity contribution in [3.63, 3.8) is 0 Å². The monoisotopic (exact) mass is 363 g/mol. The number of guanidine groups is 1. The zero-order valence-electron chi connectivity index (χ0n) is 15.6. The third-order valence-electron chi connectivity index (χ3n) is 4.90. The van der Waals surface area contributed by atoms with Gasteiger partial charge in [-0.1, -0.05) is 24.3 Å². The Balaban J connectivity index is 1.28. The van der Waals surface area contributed by atoms with Crippen LogP contribution in [0.4, 0.5) is 5.82 Å². The van der Waals surface area contributed by atoms with E-state index in [1.54, 1.807) is 0 Å². The largest absolute Gasteiger partial charge is 0.461 e. The third-order valence-corrected chi connectivity index (χ3v) is 4.90. The molecule has 0 saturated carbocycles. The van der Waals surface area contributed by atoms with Gasteiger partial charge < -0.3 is 19.5 Å². The number of aliphatic imine (C=N–C) groups is 1. The number of fused-ring (bicyclic) bond motifs is 1. The van der Waals surface area contributed by atoms with E-state index in [1.165, 1.54) is 0 Å². The van der Waals surface area contributed by atoms with Crippen LogP contribution in [0.1, 0.15) is 5.76 Å². The normalized spacial score (nSPS) is 15.4. The summed E-state index contributed by atoms with van der Waals surface area (Å²) in [5.74, 6) is 3.00. The molecule has 3 aromatic rings. The molecule has 1 saturated heterocycles. The molecule has 3 heterocycles. The van der Waals surface area contributed by atoms with Crippen molar-refractivity contribution in [1.29, 1.82) is 0 Å². The summed E-state index contributed by atoms with van der Waals surface area (Å²) >= 11 is 0. The van der Waals surface area contributed by atoms with Crippen molar-refractivity contribution in [2.24, 2.45) is 4.99 Å². The van der Waals surface area contributed by atoms with Gasteiger partial charge in [-0.15, -0.1) is 0 Å². The summed E-state index contributed by atoms with van der Waals surface area (Å²) in [6, 6.07) is 16.3. The van der Waals surface area contributed by atoms with Crippen molar-refractivity contribution in [3.05, 3.63) is 60.5 Å². The molecular weight excluding hydrogens is 338 g/mol. The molecule has 4 rings (SSSR count). The number of furan rings is 1. The lowest BCUT2D eigenvalue weighted by Crippen LogP contribution is -2.53. The zero-order chi connectivity index (χ0) is 18.5. The van der Waals surface area contributed by atoms with Crippen LogP contribution < -0.4 is 10.2 Å². The summed E-state index contributed by atoms with van der Waals surface area (Å²) < 4.78 is 5.88. The van der Waals surface area contributed by atoms with Crippen LogP contribution in [0.25, 0.3) is 11.0 Å². The van der Waals surface area contributed by atoms with E-state index in [2.05, 4.69) is 43.3 Å². The Bertz CT molecular complexity index is 864. The van der Waals surface area contributed by atoms with E-state index >= 15 is 0 Å². The van der Waals surface area contributed by atoms with E-state index in [9.17, 15) is 0 Å². The second-order valence-corrected chi connectivity index (χ2v) is 6.64. The lowest BCUT2D eigenvalue weighted by molar-refractivity contribution is 0.371. The minimum atomic E-state index is 0.799. The predicted octanol–water partition coefficient (Wildman–Crippen LogP) is 2.77. The van der Waals surface area contributed by atoms with Crippen LogP contribution in [0.15, 0.2) is 64.1 Å². The van der Waals surface area contributed by atoms with Crippen LogP contribution in [-0.2, 0) is 6.42 Å². The Labute approximate surface area is 159 Å². The maximum Gasteiger partial charge on any atom is 0.193 e. The zero-order valence-corrected chi connectivity index (χ0v) is 15.6. The Morgan fingerprint density at radius 2 is 1.93 bits per heavy atom. The smallest absolute Gasteiger partial charge is 0.193 e. The molecule has 0 aliphatic carbocycles. The van der Waals surface area contributed by atoms with Gasteiger partial charge in [0.05, 0.1) is 0 Å². The number of para-hydroxylation sites is 1. The highest BCUT2D eigenvalue weighted by Crippen LogP contribution is 2.19. The molecule has 0 amide bonds. The van der Waals surface area contributed by atoms with E-state index in [0.717, 1.165) is 67.7 Å². The molecule has 1 N–H and O–H groups in total. The van der Waals surface area contributed by atoms with Crippen LogP contribution >= 0.6 is 0 Å². The van der Waals surface area contributed by atoms with Crippen molar-refractivity contribution < 1.29 is 4.42 Å². The molecule has 1 aromatic carbocycles. The lowest BCUT2D eigenvalue weighted by Gasteiger charge is -2.37. The van der Waals surface area contributed by atoms with Gasteiger partial charge >= 0.3 is 0 Å². The molecular formula is C21H25N5O. The molecule has 0 unspecified atom stereocenters. The number of piperazine rings is 1. The second-order valence-electron chi connectivity index (χ2n) is 6.64. The van der Waals surface area contributed by atoms with Crippen LogP contribution in [-0.4, -0.2) is 55.6 Å². The van der Waals surface area contributed by atoms with E-state index in [-0.39, 0.29) is 0 Å². The second kappa shape index (κ2) is 8.12. The lowest BCUT2D eigenvalue weighted by atomic mass is 10.2. The molecule has 1 aliphatic heterocycles. The number of benzene rings is 1. The first kappa shape index (κ1) is 17.4. The fraction of sp³-hybridized carbons (Fsp3) is 0.333. The molecule has 6 heteroatoms. The maximum absolute atomic E-state index is 5.88. The van der Waals surface area contributed by atoms with E-state index in [1.807, 2.05) is 43.6 Å². The molecule has 27 heavy (non-hydrogen) atoms. The van der Waals surface area contributed by atoms with Gasteiger partial charge in [0.25, 0.3) is 0 Å². The minimum Gasteiger partial charge on any atom is -0.461 e. The first-order valence-corrected chi connectivity index (χ1v) is 9.42. The Hall–Kier alpha value is -3.02. The Kier molecular flexibility index (Phi) is 5.23. The third kappa shape index (κ3) is 4.05. The number of hydrogen-bond acceptors (Lipinski definition) is 4. The van der Waals surface area contributed by atoms with Crippen molar-refractivity contribution in [2.45, 2.75) is 6.42 Å². The Morgan fingerprint density at radius 3 is 2.67 bits per heavy atom. The van der Waals surface area contributed by atoms with Crippen molar-refractivity contribution in [1.82, 2.24) is 15.2 Å². The van der Waals surface area contributed by atoms with Crippen LogP contribution in [0.5, 0.6) is 0 Å². The number of nitrogens with zero attached hydrogens (tertiary/aromatic N) is 4. The quantitative estimate of drug-likeness (QED) is 0.571. The molecule has 2 aromatic heterocycles. The SMILES string of the molecule is CN=C(NCCc1cc2ccccc2o1)N1CCN(c2ccccn2)CC1. The van der Waals surface area contributed by atoms with E-state index in [0.29, 0.717) is 0 Å². The van der Waals surface area contributed by atoms with Crippen LogP contribution in [0.2, 0.25) is 0 Å². The predicted molar refractivity (Wildman–Crippen MR) is 109 cm³/mol. The first-order chi connectivity index (χ1) is 13.3. The molecule has 1 fully saturated rings. The summed E-state index contributed by atoms with van der Waals surface area (Å²) in [6.45, 7) is 4.55. The summed E-state index contributed by atoms with van der Waals surface area (Å²) in [5.41, 5.74) is 0.947. The summed E-state index contributed by atoms with van der Waals surface area (Å²) in [5, 5.41) is 4.62. The van der Waals surface area contributed by atoms with Crippen molar-refractivity contribution in [2.75, 3.05) is 44.7 Å². The highest BCUT2D eigenvalue weighted by molar-refractivity contribution is 5.80. The number of hydrogen-bond donors (Lipinski definition) is 1. The van der Waals surface area contributed by atoms with Gasteiger partial charge in [0, 0.05) is 57.8 Å². The summed E-state index contributed by atoms with van der Waals surface area (Å²) in [6.07, 6.45) is 2.68. The fourth-order valence-corrected chi connectivity index (χ4v) is 3.48. The minimum absolute atomic E-state index is 0.799. The van der Waals surface area contributed by atoms with Crippen LogP contribution in [0.3, 0.4) is 0 Å². The number of nitrogens with one attached hydrogen (secondary N) is 1. The van der Waals surface area contributed by atoms with Gasteiger partial charge in [-0.05, 0) is 24.3 Å². The van der Waals surface area contributed by atoms with Gasteiger partial charge in [-0.25, -0.2) is 4.98 Å². The molecule has 0 spiro atoms. The van der Waals surface area contributed by atoms with Gasteiger partial charge in [-0.2, -0.15) is 0 Å². The summed E-state index contributed by atoms with van der Waals surface area (Å²) in [7, 11) is 1.84. The molecule has 140 valence electrons. The molecule has 1 aliphatic rings. The fourth-order valence-electron chi connectivity index (χ4n) is 3.48. The van der Waals surface area contributed by atoms with Gasteiger partial charge in [0.1, 0.15) is 17.2 Å². The van der Waals surface area contributed by atoms with Crippen molar-refractivity contribution in [3.8, 4) is 0 Å². The highest BCUT2D eigenvalue weighted by atomic mass is 16.3. The molecule has 6 nitrogen and oxygen atoms in total. The topological polar surface area (TPSA) is 56.9 Å². The standard InChI is InChI=1S/C21H25N5O/c1-22-21(24-11-9-18-16-17-6-2-3-7-19(17)27-18)26-14-12-25(13-15-26)20-8-4-5-10-23-20/h2-8,10,16H,9,11-15H2,1H3,(H,22,24). The highest BCUT2D eigenvalue weighted by Gasteiger charge is 2.20. The summed E-state index contributed by atoms with van der Waals surface area (Å²) in [4.78, 5) is 13.5. The first-order valence-electron chi connectivity index (χ1n) is 9.42. The van der Waals surface area contributed by atoms with E-state index < -0.39 is 0 Å². The van der Waals surface area contributed by atoms with Crippen LogP contribution in [0, 0.1) is 0 Å². The number of anilines is 1. The van der Waals surface area contributed by atoms with Gasteiger partial charge in [0.2, 0.25) is 0 Å². The maximum atomic E-state index is 5.88. The molecule has 0 atom stereocenters. The number of pyridine rings is 1. The molecule has 0 bridgehead atoms. The van der Waals surface area contributed by atoms with Gasteiger partial charge in [0.15, 0.2) is 5.96 Å². The molecule has 0 radical (unpaired) electrons. The van der Waals surface area contributed by atoms with E-state index in [4.69, 9.17) is 4.42 Å². The number of aromatic nitrogens is 1. The van der Waals surface area contributed by atoms with Gasteiger partial charge in [-0.3, -0.25) is 4.99 Å². The Morgan fingerprint density at radius 1 is 1.11 bits per heavy atom. The average Bonchev–Trinajstić information content (AvgIpc) is 3.15. The van der Waals surface area contributed by atoms with Crippen molar-refractivity contribution >= 4 is 22.7 Å². The number of rotatable bonds is 4.